The van der Waals surface area contributed by atoms with Crippen LogP contribution in [0, 0.1) is 5.82 Å². The van der Waals surface area contributed by atoms with Crippen molar-refractivity contribution in [3.05, 3.63) is 29.6 Å². The molecule has 0 aromatic heterocycles. The Morgan fingerprint density at radius 3 is 2.61 bits per heavy atom. The fourth-order valence-electron chi connectivity index (χ4n) is 1.77. The van der Waals surface area contributed by atoms with Gasteiger partial charge in [0.1, 0.15) is 10.7 Å². The van der Waals surface area contributed by atoms with Crippen molar-refractivity contribution < 1.29 is 22.7 Å². The van der Waals surface area contributed by atoms with E-state index >= 15 is 0 Å². The number of ether oxygens (including phenoxy) is 1. The van der Waals surface area contributed by atoms with E-state index in [1.807, 2.05) is 0 Å². The molecule has 2 rings (SSSR count). The van der Waals surface area contributed by atoms with Crippen molar-refractivity contribution >= 4 is 10.0 Å². The normalized spacial score (nSPS) is 17.9. The Morgan fingerprint density at radius 1 is 1.33 bits per heavy atom. The van der Waals surface area contributed by atoms with Gasteiger partial charge >= 0.3 is 0 Å². The third-order valence-electron chi connectivity index (χ3n) is 2.77. The molecule has 1 N–H and O–H groups in total. The van der Waals surface area contributed by atoms with Crippen molar-refractivity contribution in [2.75, 3.05) is 26.3 Å². The Hall–Kier alpha value is -1.02. The van der Waals surface area contributed by atoms with Gasteiger partial charge in [0.15, 0.2) is 0 Å². The van der Waals surface area contributed by atoms with E-state index in [1.54, 1.807) is 0 Å². The third kappa shape index (κ3) is 2.54. The quantitative estimate of drug-likeness (QED) is 0.864. The molecule has 0 saturated carbocycles. The molecule has 0 radical (unpaired) electrons. The number of rotatable bonds is 3. The van der Waals surface area contributed by atoms with Crippen molar-refractivity contribution in [3.63, 3.8) is 0 Å². The lowest BCUT2D eigenvalue weighted by atomic mass is 10.2. The molecular formula is C11H14FNO4S. The highest BCUT2D eigenvalue weighted by Crippen LogP contribution is 2.21. The Bertz CT molecular complexity index is 526. The zero-order valence-corrected chi connectivity index (χ0v) is 10.5. The molecule has 0 aliphatic carbocycles. The lowest BCUT2D eigenvalue weighted by Gasteiger charge is -2.26. The first kappa shape index (κ1) is 13.4. The monoisotopic (exact) mass is 275 g/mol. The highest BCUT2D eigenvalue weighted by Gasteiger charge is 2.29. The zero-order chi connectivity index (χ0) is 13.2. The first-order valence-electron chi connectivity index (χ1n) is 5.53. The van der Waals surface area contributed by atoms with E-state index in [0.29, 0.717) is 18.8 Å². The molecule has 7 heteroatoms. The predicted octanol–water partition coefficient (Wildman–Crippen LogP) is 0.339. The van der Waals surface area contributed by atoms with Crippen LogP contribution in [0.2, 0.25) is 0 Å². The summed E-state index contributed by atoms with van der Waals surface area (Å²) in [6.45, 7) is 0.712. The minimum Gasteiger partial charge on any atom is -0.392 e. The van der Waals surface area contributed by atoms with Crippen LogP contribution in [0.25, 0.3) is 0 Å². The summed E-state index contributed by atoms with van der Waals surface area (Å²) >= 11 is 0. The number of aliphatic hydroxyl groups is 1. The third-order valence-corrected chi connectivity index (χ3v) is 4.68. The van der Waals surface area contributed by atoms with Gasteiger partial charge < -0.3 is 9.84 Å². The molecule has 5 nitrogen and oxygen atoms in total. The number of hydrogen-bond acceptors (Lipinski definition) is 4. The van der Waals surface area contributed by atoms with Gasteiger partial charge in [-0.2, -0.15) is 4.31 Å². The van der Waals surface area contributed by atoms with Crippen LogP contribution < -0.4 is 0 Å². The summed E-state index contributed by atoms with van der Waals surface area (Å²) in [7, 11) is -3.86. The Labute approximate surface area is 105 Å². The second-order valence-corrected chi connectivity index (χ2v) is 5.85. The van der Waals surface area contributed by atoms with Gasteiger partial charge in [0, 0.05) is 13.1 Å². The Morgan fingerprint density at radius 2 is 2.00 bits per heavy atom. The van der Waals surface area contributed by atoms with E-state index in [1.165, 1.54) is 16.4 Å². The zero-order valence-electron chi connectivity index (χ0n) is 9.67. The van der Waals surface area contributed by atoms with Crippen LogP contribution in [0.15, 0.2) is 23.1 Å². The lowest BCUT2D eigenvalue weighted by molar-refractivity contribution is 0.0729. The van der Waals surface area contributed by atoms with Crippen LogP contribution in [0.3, 0.4) is 0 Å². The van der Waals surface area contributed by atoms with Crippen molar-refractivity contribution in [2.24, 2.45) is 0 Å². The molecule has 1 aliphatic rings. The minimum absolute atomic E-state index is 0.213. The first-order chi connectivity index (χ1) is 8.55. The van der Waals surface area contributed by atoms with Gasteiger partial charge in [0.2, 0.25) is 10.0 Å². The summed E-state index contributed by atoms with van der Waals surface area (Å²) in [6.07, 6.45) is 0. The van der Waals surface area contributed by atoms with E-state index in [0.717, 1.165) is 6.07 Å². The maximum absolute atomic E-state index is 13.6. The van der Waals surface area contributed by atoms with Gasteiger partial charge in [-0.05, 0) is 17.7 Å². The summed E-state index contributed by atoms with van der Waals surface area (Å²) in [5.41, 5.74) is 0.364. The number of hydrogen-bond donors (Lipinski definition) is 1. The van der Waals surface area contributed by atoms with Crippen molar-refractivity contribution in [3.8, 4) is 0 Å². The topological polar surface area (TPSA) is 66.8 Å². The molecule has 1 aromatic carbocycles. The van der Waals surface area contributed by atoms with Crippen LogP contribution >= 0.6 is 0 Å². The van der Waals surface area contributed by atoms with Crippen LogP contribution in [-0.2, 0) is 21.4 Å². The maximum Gasteiger partial charge on any atom is 0.246 e. The van der Waals surface area contributed by atoms with Crippen molar-refractivity contribution in [1.29, 1.82) is 0 Å². The summed E-state index contributed by atoms with van der Waals surface area (Å²) in [5.74, 6) is -0.807. The molecule has 100 valence electrons. The summed E-state index contributed by atoms with van der Waals surface area (Å²) < 4.78 is 44.3. The molecule has 18 heavy (non-hydrogen) atoms. The van der Waals surface area contributed by atoms with Gasteiger partial charge in [-0.1, -0.05) is 6.07 Å². The fourth-order valence-corrected chi connectivity index (χ4v) is 3.29. The molecule has 1 fully saturated rings. The van der Waals surface area contributed by atoms with E-state index < -0.39 is 20.7 Å². The van der Waals surface area contributed by atoms with Crippen molar-refractivity contribution in [2.45, 2.75) is 11.5 Å². The summed E-state index contributed by atoms with van der Waals surface area (Å²) in [4.78, 5) is -0.393. The molecule has 0 bridgehead atoms. The van der Waals surface area contributed by atoms with Gasteiger partial charge in [0.25, 0.3) is 0 Å². The standard InChI is InChI=1S/C11H14FNO4S/c12-10-2-1-9(8-14)7-11(10)18(15,16)13-3-5-17-6-4-13/h1-2,7,14H,3-6,8H2. The molecule has 0 atom stereocenters. The van der Waals surface area contributed by atoms with Crippen molar-refractivity contribution in [1.82, 2.24) is 4.31 Å². The molecule has 0 unspecified atom stereocenters. The average Bonchev–Trinajstić information content (AvgIpc) is 2.40. The van der Waals surface area contributed by atoms with E-state index in [2.05, 4.69) is 0 Å². The fraction of sp³-hybridized carbons (Fsp3) is 0.455. The van der Waals surface area contributed by atoms with Gasteiger partial charge in [-0.3, -0.25) is 0 Å². The molecule has 0 amide bonds. The van der Waals surface area contributed by atoms with Gasteiger partial charge in [-0.15, -0.1) is 0 Å². The molecule has 0 spiro atoms. The van der Waals surface area contributed by atoms with Gasteiger partial charge in [0.05, 0.1) is 19.8 Å². The Balaban J connectivity index is 2.39. The molecule has 1 saturated heterocycles. The minimum atomic E-state index is -3.86. The predicted molar refractivity (Wildman–Crippen MR) is 61.9 cm³/mol. The molecular weight excluding hydrogens is 261 g/mol. The number of sulfonamides is 1. The average molecular weight is 275 g/mol. The van der Waals surface area contributed by atoms with Crippen LogP contribution in [0.1, 0.15) is 5.56 Å². The summed E-state index contributed by atoms with van der Waals surface area (Å²) in [5, 5.41) is 8.98. The van der Waals surface area contributed by atoms with Crippen LogP contribution in [-0.4, -0.2) is 44.1 Å². The highest BCUT2D eigenvalue weighted by molar-refractivity contribution is 7.89. The Kier molecular flexibility index (Phi) is 3.96. The number of morpholine rings is 1. The smallest absolute Gasteiger partial charge is 0.246 e. The SMILES string of the molecule is O=S(=O)(c1cc(CO)ccc1F)N1CCOCC1. The highest BCUT2D eigenvalue weighted by atomic mass is 32.2. The number of benzene rings is 1. The lowest BCUT2D eigenvalue weighted by Crippen LogP contribution is -2.40. The van der Waals surface area contributed by atoms with E-state index in [9.17, 15) is 12.8 Å². The van der Waals surface area contributed by atoms with Crippen LogP contribution in [0.5, 0.6) is 0 Å². The largest absolute Gasteiger partial charge is 0.392 e. The second kappa shape index (κ2) is 5.31. The van der Waals surface area contributed by atoms with Crippen LogP contribution in [0.4, 0.5) is 4.39 Å². The second-order valence-electron chi connectivity index (χ2n) is 3.94. The number of halogens is 1. The number of aliphatic hydroxyl groups excluding tert-OH is 1. The van der Waals surface area contributed by atoms with E-state index in [4.69, 9.17) is 9.84 Å². The van der Waals surface area contributed by atoms with Gasteiger partial charge in [-0.25, -0.2) is 12.8 Å². The first-order valence-corrected chi connectivity index (χ1v) is 6.97. The summed E-state index contributed by atoms with van der Waals surface area (Å²) in [6, 6.07) is 3.58. The molecule has 1 aliphatic heterocycles. The number of nitrogens with zero attached hydrogens (tertiary/aromatic N) is 1. The van der Waals surface area contributed by atoms with E-state index in [-0.39, 0.29) is 19.7 Å². The maximum atomic E-state index is 13.6. The molecule has 1 aromatic rings. The molecule has 1 heterocycles.